The number of imidazole rings is 1. The number of piperazine rings is 1. The average molecular weight is 471 g/mol. The van der Waals surface area contributed by atoms with Gasteiger partial charge in [0.2, 0.25) is 11.5 Å². The maximum Gasteiger partial charge on any atom is 0.306 e. The second kappa shape index (κ2) is 9.63. The first-order valence-corrected chi connectivity index (χ1v) is 12.1. The minimum Gasteiger partial charge on any atom is -0.466 e. The van der Waals surface area contributed by atoms with Crippen molar-refractivity contribution in [2.45, 2.75) is 26.7 Å². The molecule has 0 aliphatic carbocycles. The Morgan fingerprint density at radius 1 is 1.14 bits per heavy atom. The van der Waals surface area contributed by atoms with Crippen LogP contribution in [0.1, 0.15) is 30.0 Å². The van der Waals surface area contributed by atoms with E-state index in [1.165, 1.54) is 0 Å². The zero-order valence-corrected chi connectivity index (χ0v) is 20.2. The molecule has 0 unspecified atom stereocenters. The van der Waals surface area contributed by atoms with Gasteiger partial charge in [0.05, 0.1) is 12.8 Å². The van der Waals surface area contributed by atoms with E-state index in [4.69, 9.17) is 4.74 Å². The van der Waals surface area contributed by atoms with E-state index in [2.05, 4.69) is 42.4 Å². The average Bonchev–Trinajstić information content (AvgIpc) is 3.27. The van der Waals surface area contributed by atoms with Crippen LogP contribution < -0.4 is 19.2 Å². The fourth-order valence-electron chi connectivity index (χ4n) is 5.07. The monoisotopic (exact) mass is 470 g/mol. The lowest BCUT2D eigenvalue weighted by molar-refractivity contribution is -0.468. The number of H-pyrrole nitrogens is 2. The fraction of sp³-hybridized carbons (Fsp3) is 0.333. The molecular formula is C27H30N6O2+2. The van der Waals surface area contributed by atoms with Crippen LogP contribution in [0.15, 0.2) is 48.7 Å². The molecule has 8 nitrogen and oxygen atoms in total. The summed E-state index contributed by atoms with van der Waals surface area (Å²) in [6.45, 7) is 7.54. The number of aromatic nitrogens is 3. The molecule has 2 N–H and O–H groups in total. The maximum absolute atomic E-state index is 12.3. The van der Waals surface area contributed by atoms with Crippen LogP contribution in [0.2, 0.25) is 0 Å². The quantitative estimate of drug-likeness (QED) is 0.346. The smallest absolute Gasteiger partial charge is 0.306 e. The molecule has 1 fully saturated rings. The Balaban J connectivity index is 1.62. The third-order valence-corrected chi connectivity index (χ3v) is 6.78. The zero-order valence-electron chi connectivity index (χ0n) is 20.2. The predicted molar refractivity (Wildman–Crippen MR) is 133 cm³/mol. The summed E-state index contributed by atoms with van der Waals surface area (Å²) in [5, 5.41) is 10.1. The number of pyridine rings is 2. The molecular weight excluding hydrogens is 440 g/mol. The lowest BCUT2D eigenvalue weighted by Crippen LogP contribution is -2.51. The third kappa shape index (κ3) is 4.14. The van der Waals surface area contributed by atoms with Crippen LogP contribution in [0.4, 0.5) is 11.6 Å². The van der Waals surface area contributed by atoms with E-state index in [1.54, 1.807) is 0 Å². The number of esters is 1. The summed E-state index contributed by atoms with van der Waals surface area (Å²) in [5.74, 6) is 1.94. The largest absolute Gasteiger partial charge is 0.466 e. The van der Waals surface area contributed by atoms with E-state index in [0.29, 0.717) is 18.6 Å². The second-order valence-electron chi connectivity index (χ2n) is 8.77. The Labute approximate surface area is 204 Å². The van der Waals surface area contributed by atoms with Crippen LogP contribution in [-0.4, -0.2) is 43.7 Å². The number of nitrogens with zero attached hydrogens (tertiary/aromatic N) is 4. The number of ether oxygens (including phenoxy) is 1. The predicted octanol–water partition coefficient (Wildman–Crippen LogP) is 2.72. The van der Waals surface area contributed by atoms with Crippen LogP contribution in [0, 0.1) is 18.3 Å². The first kappa shape index (κ1) is 22.7. The Hall–Kier alpha value is -4.12. The van der Waals surface area contributed by atoms with Crippen molar-refractivity contribution in [2.24, 2.45) is 0 Å². The summed E-state index contributed by atoms with van der Waals surface area (Å²) in [7, 11) is 0. The van der Waals surface area contributed by atoms with E-state index >= 15 is 0 Å². The van der Waals surface area contributed by atoms with Crippen molar-refractivity contribution < 1.29 is 18.9 Å². The highest BCUT2D eigenvalue weighted by molar-refractivity contribution is 5.78. The lowest BCUT2D eigenvalue weighted by atomic mass is 9.99. The molecule has 0 bridgehead atoms. The van der Waals surface area contributed by atoms with Gasteiger partial charge in [-0.3, -0.25) is 19.6 Å². The number of carbonyl (C=O) groups is 1. The molecule has 1 aliphatic heterocycles. The van der Waals surface area contributed by atoms with Gasteiger partial charge in [-0.1, -0.05) is 18.2 Å². The van der Waals surface area contributed by atoms with Gasteiger partial charge < -0.3 is 4.74 Å². The number of hydrogen-bond acceptors (Lipinski definition) is 5. The molecule has 4 heterocycles. The van der Waals surface area contributed by atoms with E-state index in [1.807, 2.05) is 50.4 Å². The summed E-state index contributed by atoms with van der Waals surface area (Å²) in [5.41, 5.74) is 5.34. The molecule has 4 aromatic rings. The number of nitrogens with one attached hydrogen (secondary N) is 2. The first-order chi connectivity index (χ1) is 17.1. The van der Waals surface area contributed by atoms with Crippen molar-refractivity contribution in [3.05, 3.63) is 65.4 Å². The van der Waals surface area contributed by atoms with E-state index in [-0.39, 0.29) is 12.4 Å². The number of rotatable bonds is 6. The third-order valence-electron chi connectivity index (χ3n) is 6.78. The summed E-state index contributed by atoms with van der Waals surface area (Å²) in [4.78, 5) is 23.8. The molecule has 178 valence electrons. The highest BCUT2D eigenvalue weighted by Crippen LogP contribution is 2.30. The molecule has 1 aromatic carbocycles. The summed E-state index contributed by atoms with van der Waals surface area (Å²) in [6, 6.07) is 16.6. The zero-order chi connectivity index (χ0) is 24.4. The molecule has 0 amide bonds. The fourth-order valence-corrected chi connectivity index (χ4v) is 5.07. The van der Waals surface area contributed by atoms with Crippen LogP contribution in [-0.2, 0) is 16.0 Å². The van der Waals surface area contributed by atoms with Gasteiger partial charge >= 0.3 is 5.97 Å². The molecule has 8 heteroatoms. The highest BCUT2D eigenvalue weighted by Gasteiger charge is 2.33. The molecule has 3 aromatic heterocycles. The number of fused-ring (bicyclic) bond motifs is 3. The van der Waals surface area contributed by atoms with Crippen molar-refractivity contribution in [3.8, 4) is 6.07 Å². The Morgan fingerprint density at radius 3 is 2.60 bits per heavy atom. The van der Waals surface area contributed by atoms with Gasteiger partial charge in [0.25, 0.3) is 5.82 Å². The SMILES string of the molecule is CCOC(=O)CCc1c(C)c(C#N)c2[nH]c3ccccc3[n+]2c1N1CCN(c2cccc[nH+]2)CC1. The van der Waals surface area contributed by atoms with E-state index < -0.39 is 0 Å². The molecule has 0 radical (unpaired) electrons. The summed E-state index contributed by atoms with van der Waals surface area (Å²) in [6.07, 6.45) is 2.74. The van der Waals surface area contributed by atoms with Gasteiger partial charge in [0.15, 0.2) is 0 Å². The number of para-hydroxylation sites is 2. The number of nitriles is 1. The summed E-state index contributed by atoms with van der Waals surface area (Å²) >= 11 is 0. The van der Waals surface area contributed by atoms with Crippen LogP contribution in [0.5, 0.6) is 0 Å². The lowest BCUT2D eigenvalue weighted by Gasteiger charge is -2.30. The first-order valence-electron chi connectivity index (χ1n) is 12.1. The van der Waals surface area contributed by atoms with Crippen molar-refractivity contribution in [1.82, 2.24) is 4.98 Å². The number of hydrogen-bond donors (Lipinski definition) is 1. The molecule has 1 saturated heterocycles. The number of carbonyl (C=O) groups excluding carboxylic acids is 1. The van der Waals surface area contributed by atoms with Gasteiger partial charge in [-0.05, 0) is 44.0 Å². The van der Waals surface area contributed by atoms with Crippen molar-refractivity contribution >= 4 is 34.3 Å². The molecule has 35 heavy (non-hydrogen) atoms. The van der Waals surface area contributed by atoms with Gasteiger partial charge in [-0.25, -0.2) is 4.98 Å². The normalized spacial score (nSPS) is 13.9. The Morgan fingerprint density at radius 2 is 1.89 bits per heavy atom. The second-order valence-corrected chi connectivity index (χ2v) is 8.77. The minimum atomic E-state index is -0.218. The van der Waals surface area contributed by atoms with Gasteiger partial charge in [0.1, 0.15) is 48.8 Å². The van der Waals surface area contributed by atoms with Crippen molar-refractivity contribution in [1.29, 1.82) is 5.26 Å². The van der Waals surface area contributed by atoms with Crippen LogP contribution >= 0.6 is 0 Å². The Kier molecular flexibility index (Phi) is 6.23. The number of anilines is 2. The molecule has 0 saturated carbocycles. The van der Waals surface area contributed by atoms with Crippen molar-refractivity contribution in [2.75, 3.05) is 42.6 Å². The molecule has 1 aliphatic rings. The highest BCUT2D eigenvalue weighted by atomic mass is 16.5. The Bertz CT molecular complexity index is 1410. The van der Waals surface area contributed by atoms with Crippen molar-refractivity contribution in [3.63, 3.8) is 0 Å². The van der Waals surface area contributed by atoms with Gasteiger partial charge in [-0.15, -0.1) is 0 Å². The maximum atomic E-state index is 12.3. The van der Waals surface area contributed by atoms with E-state index in [9.17, 15) is 10.1 Å². The molecule has 0 spiro atoms. The topological polar surface area (TPSA) is 90.6 Å². The van der Waals surface area contributed by atoms with E-state index in [0.717, 1.165) is 65.6 Å². The van der Waals surface area contributed by atoms with Gasteiger partial charge in [-0.2, -0.15) is 9.66 Å². The van der Waals surface area contributed by atoms with Crippen LogP contribution in [0.25, 0.3) is 16.7 Å². The van der Waals surface area contributed by atoms with Crippen LogP contribution in [0.3, 0.4) is 0 Å². The summed E-state index contributed by atoms with van der Waals surface area (Å²) < 4.78 is 7.38. The number of benzene rings is 1. The molecule has 0 atom stereocenters. The number of aromatic amines is 2. The van der Waals surface area contributed by atoms with Gasteiger partial charge in [0, 0.05) is 18.1 Å². The molecule has 5 rings (SSSR count). The minimum absolute atomic E-state index is 0.218. The standard InChI is InChI=1S/C27H28N6O2/c1-3-35-25(34)12-11-20-19(2)21(18-28)26-30-22-8-4-5-9-23(22)33(26)27(20)32-16-14-31(15-17-32)24-10-6-7-13-29-24/h4-10,13H,3,11-12,14-17H2,1-2H3/p+2.